The zero-order valence-electron chi connectivity index (χ0n) is 18.4. The second-order valence-corrected chi connectivity index (χ2v) is 10.5. The molecule has 0 aliphatic carbocycles. The first-order valence-electron chi connectivity index (χ1n) is 10.3. The number of nitrogens with one attached hydrogen (secondary N) is 1. The fraction of sp³-hybridized carbons (Fsp3) is 0.125. The van der Waals surface area contributed by atoms with E-state index in [2.05, 4.69) is 31.1 Å². The fourth-order valence-corrected chi connectivity index (χ4v) is 5.20. The molecule has 1 heterocycles. The molecule has 0 saturated carbocycles. The van der Waals surface area contributed by atoms with E-state index in [1.165, 1.54) is 12.1 Å². The third-order valence-corrected chi connectivity index (χ3v) is 7.43. The lowest BCUT2D eigenvalue weighted by molar-refractivity contribution is -0.116. The molecule has 1 amide bonds. The van der Waals surface area contributed by atoms with E-state index >= 15 is 0 Å². The van der Waals surface area contributed by atoms with E-state index in [-0.39, 0.29) is 16.5 Å². The van der Waals surface area contributed by atoms with Crippen molar-refractivity contribution in [2.45, 2.75) is 18.7 Å². The van der Waals surface area contributed by atoms with Crippen LogP contribution in [0.3, 0.4) is 0 Å². The highest BCUT2D eigenvalue weighted by molar-refractivity contribution is 9.10. The maximum atomic E-state index is 13.4. The lowest BCUT2D eigenvalue weighted by Crippen LogP contribution is -2.35. The number of carbonyl (C=O) groups excluding carboxylic acids is 1. The van der Waals surface area contributed by atoms with Crippen LogP contribution in [0, 0.1) is 13.8 Å². The second-order valence-electron chi connectivity index (χ2n) is 7.77. The molecule has 0 radical (unpaired) electrons. The number of H-pyrrole nitrogens is 1. The number of halogens is 1. The summed E-state index contributed by atoms with van der Waals surface area (Å²) in [6.07, 6.45) is 0. The second kappa shape index (κ2) is 9.40. The average molecular weight is 541 g/mol. The highest BCUT2D eigenvalue weighted by atomic mass is 79.9. The Morgan fingerprint density at radius 2 is 1.76 bits per heavy atom. The van der Waals surface area contributed by atoms with Crippen LogP contribution in [0.4, 0.5) is 11.4 Å². The van der Waals surface area contributed by atoms with Gasteiger partial charge in [-0.2, -0.15) is 0 Å². The number of rotatable bonds is 6. The Balaban J connectivity index is 1.68. The van der Waals surface area contributed by atoms with Crippen LogP contribution in [0.5, 0.6) is 5.88 Å². The molecule has 1 aromatic heterocycles. The molecule has 0 saturated heterocycles. The monoisotopic (exact) mass is 540 g/mol. The number of aromatic amines is 1. The van der Waals surface area contributed by atoms with Gasteiger partial charge in [-0.25, -0.2) is 8.42 Å². The first kappa shape index (κ1) is 23.7. The van der Waals surface area contributed by atoms with Gasteiger partial charge >= 0.3 is 0 Å². The smallest absolute Gasteiger partial charge is 0.285 e. The summed E-state index contributed by atoms with van der Waals surface area (Å²) in [5.41, 5.74) is 2.79. The van der Waals surface area contributed by atoms with Gasteiger partial charge in [0, 0.05) is 9.86 Å². The maximum absolute atomic E-state index is 13.4. The van der Waals surface area contributed by atoms with Crippen LogP contribution < -0.4 is 4.31 Å². The van der Waals surface area contributed by atoms with E-state index in [1.54, 1.807) is 48.5 Å². The molecule has 0 aliphatic heterocycles. The fourth-order valence-electron chi connectivity index (χ4n) is 3.43. The number of azo groups is 1. The molecule has 4 rings (SSSR count). The first-order valence-corrected chi connectivity index (χ1v) is 12.5. The summed E-state index contributed by atoms with van der Waals surface area (Å²) in [7, 11) is -4.05. The van der Waals surface area contributed by atoms with E-state index in [1.807, 2.05) is 19.9 Å². The summed E-state index contributed by atoms with van der Waals surface area (Å²) < 4.78 is 28.7. The summed E-state index contributed by atoms with van der Waals surface area (Å²) >= 11 is 3.36. The molecule has 10 heteroatoms. The third-order valence-electron chi connectivity index (χ3n) is 5.15. The Bertz CT molecular complexity index is 1510. The van der Waals surface area contributed by atoms with Crippen molar-refractivity contribution in [2.75, 3.05) is 10.8 Å². The molecular weight excluding hydrogens is 520 g/mol. The summed E-state index contributed by atoms with van der Waals surface area (Å²) in [5.74, 6) is -1.03. The van der Waals surface area contributed by atoms with Gasteiger partial charge in [-0.3, -0.25) is 9.10 Å². The van der Waals surface area contributed by atoms with Crippen molar-refractivity contribution in [2.24, 2.45) is 10.2 Å². The minimum absolute atomic E-state index is 0.0588. The molecule has 0 atom stereocenters. The predicted octanol–water partition coefficient (Wildman–Crippen LogP) is 5.76. The van der Waals surface area contributed by atoms with Crippen LogP contribution in [0.15, 0.2) is 86.3 Å². The molecule has 0 unspecified atom stereocenters. The normalized spacial score (nSPS) is 11.9. The summed E-state index contributed by atoms with van der Waals surface area (Å²) in [6.45, 7) is 3.13. The SMILES string of the molecule is Cc1ccc(S(=O)(=O)N(CC(=O)N=Nc2c(O)[nH]c3ccc(Br)cc23)c2cccc(C)c2)cc1. The van der Waals surface area contributed by atoms with Crippen LogP contribution in [0.25, 0.3) is 10.9 Å². The van der Waals surface area contributed by atoms with Crippen molar-refractivity contribution in [1.82, 2.24) is 4.98 Å². The van der Waals surface area contributed by atoms with Gasteiger partial charge in [-0.15, -0.1) is 10.2 Å². The number of hydrogen-bond acceptors (Lipinski definition) is 5. The Morgan fingerprint density at radius 3 is 2.47 bits per heavy atom. The van der Waals surface area contributed by atoms with E-state index in [4.69, 9.17) is 0 Å². The molecule has 4 aromatic rings. The number of aromatic hydroxyl groups is 1. The van der Waals surface area contributed by atoms with Crippen LogP contribution in [-0.2, 0) is 14.8 Å². The van der Waals surface area contributed by atoms with Gasteiger partial charge in [0.1, 0.15) is 6.54 Å². The van der Waals surface area contributed by atoms with E-state index in [0.717, 1.165) is 19.9 Å². The molecule has 174 valence electrons. The van der Waals surface area contributed by atoms with Gasteiger partial charge < -0.3 is 10.1 Å². The highest BCUT2D eigenvalue weighted by Crippen LogP contribution is 2.37. The van der Waals surface area contributed by atoms with E-state index < -0.39 is 22.5 Å². The molecule has 0 bridgehead atoms. The standard InChI is InChI=1S/C24H21BrN4O4S/c1-15-6-9-19(10-7-15)34(32,33)29(18-5-3-4-16(2)12-18)14-22(30)27-28-23-20-13-17(25)8-11-21(20)26-24(23)31/h3-13,26,31H,14H2,1-2H3. The van der Waals surface area contributed by atoms with E-state index in [0.29, 0.717) is 16.6 Å². The quantitative estimate of drug-likeness (QED) is 0.302. The van der Waals surface area contributed by atoms with Gasteiger partial charge in [0.2, 0.25) is 5.88 Å². The van der Waals surface area contributed by atoms with Crippen LogP contribution >= 0.6 is 15.9 Å². The van der Waals surface area contributed by atoms with Crippen molar-refractivity contribution in [1.29, 1.82) is 0 Å². The minimum Gasteiger partial charge on any atom is -0.493 e. The van der Waals surface area contributed by atoms with Crippen molar-refractivity contribution in [3.63, 3.8) is 0 Å². The number of hydrogen-bond donors (Lipinski definition) is 2. The molecular formula is C24H21BrN4O4S. The Hall–Kier alpha value is -3.50. The van der Waals surface area contributed by atoms with Gasteiger partial charge in [-0.1, -0.05) is 45.8 Å². The summed E-state index contributed by atoms with van der Waals surface area (Å²) in [4.78, 5) is 15.6. The number of aromatic nitrogens is 1. The number of sulfonamides is 1. The molecule has 3 aromatic carbocycles. The predicted molar refractivity (Wildman–Crippen MR) is 134 cm³/mol. The number of aryl methyl sites for hydroxylation is 2. The molecule has 8 nitrogen and oxygen atoms in total. The zero-order valence-corrected chi connectivity index (χ0v) is 20.8. The number of nitrogens with zero attached hydrogens (tertiary/aromatic N) is 3. The van der Waals surface area contributed by atoms with Crippen LogP contribution in [-0.4, -0.2) is 31.0 Å². The lowest BCUT2D eigenvalue weighted by atomic mass is 10.2. The Labute approximate surface area is 205 Å². The third kappa shape index (κ3) is 4.87. The van der Waals surface area contributed by atoms with E-state index in [9.17, 15) is 18.3 Å². The van der Waals surface area contributed by atoms with Gasteiger partial charge in [0.05, 0.1) is 16.1 Å². The summed E-state index contributed by atoms with van der Waals surface area (Å²) in [5, 5.41) is 18.4. The van der Waals surface area contributed by atoms with Crippen LogP contribution in [0.1, 0.15) is 11.1 Å². The number of benzene rings is 3. The molecule has 0 spiro atoms. The van der Waals surface area contributed by atoms with Crippen molar-refractivity contribution in [3.05, 3.63) is 82.3 Å². The number of fused-ring (bicyclic) bond motifs is 1. The van der Waals surface area contributed by atoms with Crippen molar-refractivity contribution >= 4 is 54.1 Å². The number of amides is 1. The van der Waals surface area contributed by atoms with Crippen molar-refractivity contribution < 1.29 is 18.3 Å². The van der Waals surface area contributed by atoms with Gasteiger partial charge in [0.25, 0.3) is 15.9 Å². The zero-order chi connectivity index (χ0) is 24.5. The number of carbonyl (C=O) groups is 1. The van der Waals surface area contributed by atoms with Crippen LogP contribution in [0.2, 0.25) is 0 Å². The highest BCUT2D eigenvalue weighted by Gasteiger charge is 2.27. The average Bonchev–Trinajstić information content (AvgIpc) is 3.10. The molecule has 0 aliphatic rings. The topological polar surface area (TPSA) is 115 Å². The minimum atomic E-state index is -4.05. The Kier molecular flexibility index (Phi) is 6.54. The lowest BCUT2D eigenvalue weighted by Gasteiger charge is -2.23. The van der Waals surface area contributed by atoms with Gasteiger partial charge in [-0.05, 0) is 61.9 Å². The maximum Gasteiger partial charge on any atom is 0.285 e. The first-order chi connectivity index (χ1) is 16.1. The summed E-state index contributed by atoms with van der Waals surface area (Å²) in [6, 6.07) is 18.5. The number of anilines is 1. The molecule has 2 N–H and O–H groups in total. The Morgan fingerprint density at radius 1 is 1.03 bits per heavy atom. The van der Waals surface area contributed by atoms with Gasteiger partial charge in [0.15, 0.2) is 5.69 Å². The molecule has 0 fully saturated rings. The van der Waals surface area contributed by atoms with Crippen molar-refractivity contribution in [3.8, 4) is 5.88 Å². The largest absolute Gasteiger partial charge is 0.493 e. The molecule has 34 heavy (non-hydrogen) atoms.